The van der Waals surface area contributed by atoms with E-state index in [1.807, 2.05) is 43.5 Å². The van der Waals surface area contributed by atoms with E-state index in [9.17, 15) is 18.0 Å². The second kappa shape index (κ2) is 11.7. The molecule has 1 aromatic heterocycles. The van der Waals surface area contributed by atoms with E-state index >= 15 is 0 Å². The van der Waals surface area contributed by atoms with Gasteiger partial charge >= 0.3 is 0 Å². The van der Waals surface area contributed by atoms with Gasteiger partial charge in [-0.3, -0.25) is 9.59 Å². The molecular weight excluding hydrogens is 488 g/mol. The highest BCUT2D eigenvalue weighted by Crippen LogP contribution is 2.25. The lowest BCUT2D eigenvalue weighted by atomic mass is 10.1. The SMILES string of the molecule is CCN(CC)CC(C)NC(=O)c1ccccc1-n1c(C)cc(C(=O)Nc2ccc(S(C)(=O)=O)cc2)c1C. The maximum Gasteiger partial charge on any atom is 0.257 e. The van der Waals surface area contributed by atoms with Crippen molar-refractivity contribution >= 4 is 27.3 Å². The van der Waals surface area contributed by atoms with Crippen molar-refractivity contribution < 1.29 is 18.0 Å². The van der Waals surface area contributed by atoms with Gasteiger partial charge in [-0.05, 0) is 76.3 Å². The van der Waals surface area contributed by atoms with Crippen LogP contribution in [0.1, 0.15) is 52.9 Å². The van der Waals surface area contributed by atoms with E-state index in [1.54, 1.807) is 24.3 Å². The summed E-state index contributed by atoms with van der Waals surface area (Å²) in [7, 11) is -3.32. The molecule has 1 atom stereocenters. The van der Waals surface area contributed by atoms with E-state index in [1.165, 1.54) is 12.1 Å². The van der Waals surface area contributed by atoms with Crippen molar-refractivity contribution in [3.63, 3.8) is 0 Å². The highest BCUT2D eigenvalue weighted by Gasteiger charge is 2.21. The van der Waals surface area contributed by atoms with Crippen LogP contribution in [0.25, 0.3) is 5.69 Å². The number of rotatable bonds is 10. The number of anilines is 1. The Morgan fingerprint density at radius 2 is 1.57 bits per heavy atom. The van der Waals surface area contributed by atoms with Crippen molar-refractivity contribution in [1.82, 2.24) is 14.8 Å². The molecule has 0 saturated heterocycles. The third kappa shape index (κ3) is 6.67. The summed E-state index contributed by atoms with van der Waals surface area (Å²) < 4.78 is 25.3. The van der Waals surface area contributed by atoms with Crippen LogP contribution in [0.15, 0.2) is 59.5 Å². The first-order valence-electron chi connectivity index (χ1n) is 12.4. The number of hydrogen-bond acceptors (Lipinski definition) is 5. The molecule has 1 unspecified atom stereocenters. The molecule has 2 N–H and O–H groups in total. The first-order chi connectivity index (χ1) is 17.5. The van der Waals surface area contributed by atoms with Crippen LogP contribution in [0.3, 0.4) is 0 Å². The van der Waals surface area contributed by atoms with Gasteiger partial charge in [0, 0.05) is 35.9 Å². The summed E-state index contributed by atoms with van der Waals surface area (Å²) in [5.74, 6) is -0.485. The Hall–Kier alpha value is -3.43. The average molecular weight is 525 g/mol. The first-order valence-corrected chi connectivity index (χ1v) is 14.3. The Morgan fingerprint density at radius 1 is 0.946 bits per heavy atom. The number of aryl methyl sites for hydroxylation is 1. The minimum absolute atomic E-state index is 0.0252. The van der Waals surface area contributed by atoms with Crippen LogP contribution in [-0.4, -0.2) is 61.6 Å². The van der Waals surface area contributed by atoms with Crippen molar-refractivity contribution in [2.75, 3.05) is 31.2 Å². The molecule has 0 aliphatic heterocycles. The molecule has 0 fully saturated rings. The Kier molecular flexibility index (Phi) is 8.94. The molecule has 3 aromatic rings. The van der Waals surface area contributed by atoms with Gasteiger partial charge in [0.25, 0.3) is 11.8 Å². The lowest BCUT2D eigenvalue weighted by molar-refractivity contribution is 0.0929. The second-order valence-electron chi connectivity index (χ2n) is 9.25. The largest absolute Gasteiger partial charge is 0.348 e. The monoisotopic (exact) mass is 524 g/mol. The normalized spacial score (nSPS) is 12.4. The van der Waals surface area contributed by atoms with E-state index in [0.717, 1.165) is 31.6 Å². The zero-order valence-electron chi connectivity index (χ0n) is 22.3. The van der Waals surface area contributed by atoms with Crippen LogP contribution < -0.4 is 10.6 Å². The van der Waals surface area contributed by atoms with Gasteiger partial charge in [0.2, 0.25) is 0 Å². The van der Waals surface area contributed by atoms with Crippen molar-refractivity contribution in [3.8, 4) is 5.69 Å². The van der Waals surface area contributed by atoms with Crippen LogP contribution in [0.4, 0.5) is 5.69 Å². The molecule has 0 bridgehead atoms. The summed E-state index contributed by atoms with van der Waals surface area (Å²) in [5.41, 5.74) is 3.69. The van der Waals surface area contributed by atoms with Gasteiger partial charge in [-0.25, -0.2) is 8.42 Å². The second-order valence-corrected chi connectivity index (χ2v) is 11.3. The molecule has 0 saturated carbocycles. The van der Waals surface area contributed by atoms with Gasteiger partial charge in [0.15, 0.2) is 9.84 Å². The number of likely N-dealkylation sites (N-methyl/N-ethyl adjacent to an activating group) is 1. The summed E-state index contributed by atoms with van der Waals surface area (Å²) in [4.78, 5) is 28.8. The quantitative estimate of drug-likeness (QED) is 0.414. The number of benzene rings is 2. The molecule has 0 spiro atoms. The summed E-state index contributed by atoms with van der Waals surface area (Å²) in [5, 5.41) is 5.94. The summed E-state index contributed by atoms with van der Waals surface area (Å²) in [6, 6.07) is 15.2. The molecule has 3 rings (SSSR count). The fourth-order valence-corrected chi connectivity index (χ4v) is 5.05. The number of sulfone groups is 1. The standard InChI is InChI=1S/C28H36N4O4S/c1-7-31(8-2)18-19(3)29-27(33)24-11-9-10-12-26(24)32-20(4)17-25(21(32)5)28(34)30-22-13-15-23(16-14-22)37(6,35)36/h9-17,19H,7-8,18H2,1-6H3,(H,29,33)(H,30,34). The highest BCUT2D eigenvalue weighted by atomic mass is 32.2. The Morgan fingerprint density at radius 3 is 2.16 bits per heavy atom. The fourth-order valence-electron chi connectivity index (χ4n) is 4.42. The molecule has 0 radical (unpaired) electrons. The lowest BCUT2D eigenvalue weighted by Crippen LogP contribution is -2.42. The number of nitrogens with one attached hydrogen (secondary N) is 2. The van der Waals surface area contributed by atoms with Crippen molar-refractivity contribution in [1.29, 1.82) is 0 Å². The zero-order chi connectivity index (χ0) is 27.3. The van der Waals surface area contributed by atoms with E-state index in [2.05, 4.69) is 29.4 Å². The van der Waals surface area contributed by atoms with E-state index in [-0.39, 0.29) is 22.8 Å². The molecule has 0 aliphatic carbocycles. The number of carbonyl (C=O) groups excluding carboxylic acids is 2. The molecule has 8 nitrogen and oxygen atoms in total. The van der Waals surface area contributed by atoms with Gasteiger partial charge in [-0.1, -0.05) is 26.0 Å². The summed E-state index contributed by atoms with van der Waals surface area (Å²) in [6.45, 7) is 12.5. The van der Waals surface area contributed by atoms with Gasteiger partial charge in [0.1, 0.15) is 0 Å². The Labute approximate surface area is 219 Å². The van der Waals surface area contributed by atoms with Crippen molar-refractivity contribution in [2.45, 2.75) is 45.6 Å². The number of aromatic nitrogens is 1. The summed E-state index contributed by atoms with van der Waals surface area (Å²) >= 11 is 0. The van der Waals surface area contributed by atoms with Crippen LogP contribution in [0, 0.1) is 13.8 Å². The number of hydrogen-bond donors (Lipinski definition) is 2. The molecule has 9 heteroatoms. The fraction of sp³-hybridized carbons (Fsp3) is 0.357. The molecule has 2 aromatic carbocycles. The molecule has 37 heavy (non-hydrogen) atoms. The molecule has 198 valence electrons. The first kappa shape index (κ1) is 28.1. The van der Waals surface area contributed by atoms with E-state index in [0.29, 0.717) is 28.2 Å². The minimum Gasteiger partial charge on any atom is -0.348 e. The Balaban J connectivity index is 1.86. The maximum absolute atomic E-state index is 13.2. The summed E-state index contributed by atoms with van der Waals surface area (Å²) in [6.07, 6.45) is 1.14. The van der Waals surface area contributed by atoms with Gasteiger partial charge in [0.05, 0.1) is 21.7 Å². The molecule has 1 heterocycles. The number of carbonyl (C=O) groups is 2. The van der Waals surface area contributed by atoms with Gasteiger partial charge < -0.3 is 20.1 Å². The smallest absolute Gasteiger partial charge is 0.257 e. The van der Waals surface area contributed by atoms with Crippen LogP contribution in [0.5, 0.6) is 0 Å². The number of nitrogens with zero attached hydrogens (tertiary/aromatic N) is 2. The lowest BCUT2D eigenvalue weighted by Gasteiger charge is -2.24. The van der Waals surface area contributed by atoms with Crippen LogP contribution >= 0.6 is 0 Å². The predicted octanol–water partition coefficient (Wildman–Crippen LogP) is 4.21. The number of para-hydroxylation sites is 1. The van der Waals surface area contributed by atoms with Crippen LogP contribution in [-0.2, 0) is 9.84 Å². The Bertz CT molecular complexity index is 1370. The average Bonchev–Trinajstić information content (AvgIpc) is 3.15. The topological polar surface area (TPSA) is 101 Å². The molecule has 0 aliphatic rings. The zero-order valence-corrected chi connectivity index (χ0v) is 23.1. The van der Waals surface area contributed by atoms with E-state index < -0.39 is 9.84 Å². The maximum atomic E-state index is 13.2. The van der Waals surface area contributed by atoms with Gasteiger partial charge in [-0.2, -0.15) is 0 Å². The number of amides is 2. The van der Waals surface area contributed by atoms with Crippen molar-refractivity contribution in [2.24, 2.45) is 0 Å². The third-order valence-electron chi connectivity index (χ3n) is 6.41. The highest BCUT2D eigenvalue weighted by molar-refractivity contribution is 7.90. The molecular formula is C28H36N4O4S. The minimum atomic E-state index is -3.32. The van der Waals surface area contributed by atoms with Crippen LogP contribution in [0.2, 0.25) is 0 Å². The van der Waals surface area contributed by atoms with Crippen molar-refractivity contribution in [3.05, 3.63) is 77.1 Å². The third-order valence-corrected chi connectivity index (χ3v) is 7.54. The predicted molar refractivity (Wildman–Crippen MR) is 147 cm³/mol. The van der Waals surface area contributed by atoms with E-state index in [4.69, 9.17) is 0 Å². The molecule has 2 amide bonds. The van der Waals surface area contributed by atoms with Gasteiger partial charge in [-0.15, -0.1) is 0 Å².